The van der Waals surface area contributed by atoms with Gasteiger partial charge in [-0.15, -0.1) is 0 Å². The minimum atomic E-state index is -0.887. The number of ether oxygens (including phenoxy) is 2. The summed E-state index contributed by atoms with van der Waals surface area (Å²) in [5.74, 6) is 0.163. The smallest absolute Gasteiger partial charge is 0.343 e. The highest BCUT2D eigenvalue weighted by molar-refractivity contribution is 5.81. The largest absolute Gasteiger partial charge is 0.424 e. The third kappa shape index (κ3) is 3.44. The zero-order chi connectivity index (χ0) is 13.6. The van der Waals surface area contributed by atoms with E-state index in [1.165, 1.54) is 7.11 Å². The Morgan fingerprint density at radius 1 is 1.33 bits per heavy atom. The minimum absolute atomic E-state index is 0.369. The lowest BCUT2D eigenvalue weighted by Crippen LogP contribution is -2.40. The van der Waals surface area contributed by atoms with Crippen LogP contribution < -0.4 is 4.74 Å². The van der Waals surface area contributed by atoms with E-state index in [2.05, 4.69) is 0 Å². The molecule has 18 heavy (non-hydrogen) atoms. The van der Waals surface area contributed by atoms with E-state index in [0.717, 1.165) is 5.56 Å². The van der Waals surface area contributed by atoms with E-state index in [1.54, 1.807) is 19.1 Å². The molecule has 0 N–H and O–H groups in total. The molecule has 0 spiro atoms. The van der Waals surface area contributed by atoms with Crippen LogP contribution in [-0.4, -0.2) is 18.7 Å². The van der Waals surface area contributed by atoms with Crippen LogP contribution in [0.25, 0.3) is 6.08 Å². The second-order valence-electron chi connectivity index (χ2n) is 4.25. The fraction of sp³-hybridized carbons (Fsp3) is 0.400. The maximum Gasteiger partial charge on any atom is 0.343 e. The van der Waals surface area contributed by atoms with Crippen molar-refractivity contribution < 1.29 is 14.3 Å². The van der Waals surface area contributed by atoms with E-state index in [1.807, 2.05) is 38.1 Å². The van der Waals surface area contributed by atoms with Crippen molar-refractivity contribution in [3.05, 3.63) is 35.9 Å². The van der Waals surface area contributed by atoms with Gasteiger partial charge in [0, 0.05) is 7.11 Å². The Hall–Kier alpha value is -1.61. The van der Waals surface area contributed by atoms with Crippen LogP contribution in [0.4, 0.5) is 0 Å². The molecular weight excluding hydrogens is 228 g/mol. The lowest BCUT2D eigenvalue weighted by atomic mass is 10.0. The van der Waals surface area contributed by atoms with Crippen molar-refractivity contribution in [2.45, 2.75) is 32.8 Å². The van der Waals surface area contributed by atoms with E-state index in [9.17, 15) is 4.79 Å². The quantitative estimate of drug-likeness (QED) is 0.591. The van der Waals surface area contributed by atoms with E-state index in [4.69, 9.17) is 9.47 Å². The van der Waals surface area contributed by atoms with E-state index in [0.29, 0.717) is 12.2 Å². The van der Waals surface area contributed by atoms with Gasteiger partial charge in [0.1, 0.15) is 5.75 Å². The first kappa shape index (κ1) is 14.5. The van der Waals surface area contributed by atoms with Gasteiger partial charge in [-0.05, 0) is 38.0 Å². The average Bonchev–Trinajstić information content (AvgIpc) is 2.40. The van der Waals surface area contributed by atoms with Crippen LogP contribution >= 0.6 is 0 Å². The van der Waals surface area contributed by atoms with Gasteiger partial charge in [0.25, 0.3) is 0 Å². The molecular formula is C15H20O3. The highest BCUT2D eigenvalue weighted by atomic mass is 16.6. The minimum Gasteiger partial charge on any atom is -0.424 e. The van der Waals surface area contributed by atoms with Crippen molar-refractivity contribution in [1.82, 2.24) is 0 Å². The molecule has 1 unspecified atom stereocenters. The lowest BCUT2D eigenvalue weighted by molar-refractivity contribution is -0.157. The molecule has 0 aromatic heterocycles. The Kier molecular flexibility index (Phi) is 5.10. The van der Waals surface area contributed by atoms with Gasteiger partial charge in [-0.2, -0.15) is 0 Å². The first-order chi connectivity index (χ1) is 8.55. The fourth-order valence-corrected chi connectivity index (χ4v) is 1.43. The van der Waals surface area contributed by atoms with Crippen molar-refractivity contribution in [3.8, 4) is 5.75 Å². The van der Waals surface area contributed by atoms with Gasteiger partial charge in [-0.1, -0.05) is 31.2 Å². The van der Waals surface area contributed by atoms with Gasteiger partial charge in [0.15, 0.2) is 5.60 Å². The molecule has 0 amide bonds. The first-order valence-electron chi connectivity index (χ1n) is 6.06. The Labute approximate surface area is 108 Å². The molecule has 1 rings (SSSR count). The van der Waals surface area contributed by atoms with Gasteiger partial charge < -0.3 is 9.47 Å². The topological polar surface area (TPSA) is 35.5 Å². The molecule has 3 heteroatoms. The molecule has 0 radical (unpaired) electrons. The summed E-state index contributed by atoms with van der Waals surface area (Å²) in [4.78, 5) is 11.9. The highest BCUT2D eigenvalue weighted by Gasteiger charge is 2.33. The number of methoxy groups -OCH3 is 1. The van der Waals surface area contributed by atoms with Crippen LogP contribution in [0, 0.1) is 0 Å². The summed E-state index contributed by atoms with van der Waals surface area (Å²) in [5, 5.41) is 0. The summed E-state index contributed by atoms with van der Waals surface area (Å²) < 4.78 is 10.5. The Morgan fingerprint density at radius 3 is 2.39 bits per heavy atom. The van der Waals surface area contributed by atoms with Gasteiger partial charge >= 0.3 is 5.97 Å². The van der Waals surface area contributed by atoms with E-state index in [-0.39, 0.29) is 5.97 Å². The summed E-state index contributed by atoms with van der Waals surface area (Å²) in [5.41, 5.74) is 0.185. The van der Waals surface area contributed by atoms with Crippen molar-refractivity contribution >= 4 is 12.0 Å². The van der Waals surface area contributed by atoms with Gasteiger partial charge in [0.2, 0.25) is 0 Å². The Morgan fingerprint density at radius 2 is 1.94 bits per heavy atom. The number of esters is 1. The van der Waals surface area contributed by atoms with E-state index < -0.39 is 5.60 Å². The Bertz CT molecular complexity index is 414. The average molecular weight is 248 g/mol. The van der Waals surface area contributed by atoms with Gasteiger partial charge in [-0.25, -0.2) is 4.79 Å². The monoisotopic (exact) mass is 248 g/mol. The number of benzene rings is 1. The highest BCUT2D eigenvalue weighted by Crippen LogP contribution is 2.20. The number of carbonyl (C=O) groups is 1. The van der Waals surface area contributed by atoms with Crippen molar-refractivity contribution in [2.75, 3.05) is 7.11 Å². The molecule has 3 nitrogen and oxygen atoms in total. The van der Waals surface area contributed by atoms with Crippen molar-refractivity contribution in [2.24, 2.45) is 0 Å². The van der Waals surface area contributed by atoms with Crippen molar-refractivity contribution in [1.29, 1.82) is 0 Å². The summed E-state index contributed by atoms with van der Waals surface area (Å²) in [7, 11) is 1.51. The molecule has 0 saturated carbocycles. The molecule has 0 aliphatic heterocycles. The molecule has 0 aliphatic rings. The maximum absolute atomic E-state index is 11.9. The Balaban J connectivity index is 2.76. The second-order valence-corrected chi connectivity index (χ2v) is 4.25. The summed E-state index contributed by atoms with van der Waals surface area (Å²) in [6, 6.07) is 7.36. The van der Waals surface area contributed by atoms with Crippen LogP contribution in [0.5, 0.6) is 5.75 Å². The van der Waals surface area contributed by atoms with Crippen LogP contribution in [0.15, 0.2) is 30.3 Å². The number of hydrogen-bond acceptors (Lipinski definition) is 3. The molecule has 0 heterocycles. The third-order valence-electron chi connectivity index (χ3n) is 3.01. The number of rotatable bonds is 5. The summed E-state index contributed by atoms with van der Waals surface area (Å²) in [6.07, 6.45) is 4.51. The molecule has 1 aromatic carbocycles. The van der Waals surface area contributed by atoms with Crippen LogP contribution in [0.2, 0.25) is 0 Å². The van der Waals surface area contributed by atoms with Crippen LogP contribution in [-0.2, 0) is 9.53 Å². The van der Waals surface area contributed by atoms with Gasteiger partial charge in [-0.3, -0.25) is 0 Å². The van der Waals surface area contributed by atoms with Crippen LogP contribution in [0.1, 0.15) is 32.8 Å². The molecule has 1 atom stereocenters. The first-order valence-corrected chi connectivity index (χ1v) is 6.06. The fourth-order valence-electron chi connectivity index (χ4n) is 1.43. The molecule has 98 valence electrons. The predicted molar refractivity (Wildman–Crippen MR) is 72.5 cm³/mol. The normalized spacial score (nSPS) is 14.4. The lowest BCUT2D eigenvalue weighted by Gasteiger charge is -2.23. The summed E-state index contributed by atoms with van der Waals surface area (Å²) >= 11 is 0. The molecule has 0 bridgehead atoms. The molecule has 1 aromatic rings. The van der Waals surface area contributed by atoms with Gasteiger partial charge in [0.05, 0.1) is 0 Å². The standard InChI is InChI=1S/C15H20O3/c1-5-7-12-8-10-13(11-9-12)18-14(16)15(3,6-2)17-4/h5,7-11H,6H2,1-4H3/b7-5+. The number of carbonyl (C=O) groups excluding carboxylic acids is 1. The third-order valence-corrected chi connectivity index (χ3v) is 3.01. The zero-order valence-corrected chi connectivity index (χ0v) is 11.4. The molecule has 0 saturated heterocycles. The summed E-state index contributed by atoms with van der Waals surface area (Å²) in [6.45, 7) is 5.57. The van der Waals surface area contributed by atoms with Crippen LogP contribution in [0.3, 0.4) is 0 Å². The molecule has 0 aliphatic carbocycles. The number of allylic oxidation sites excluding steroid dienone is 1. The predicted octanol–water partition coefficient (Wildman–Crippen LogP) is 3.44. The zero-order valence-electron chi connectivity index (χ0n) is 11.4. The molecule has 0 fully saturated rings. The number of hydrogen-bond donors (Lipinski definition) is 0. The van der Waals surface area contributed by atoms with Crippen molar-refractivity contribution in [3.63, 3.8) is 0 Å². The van der Waals surface area contributed by atoms with E-state index >= 15 is 0 Å². The SMILES string of the molecule is C/C=C/c1ccc(OC(=O)C(C)(CC)OC)cc1. The second kappa shape index (κ2) is 6.36. The maximum atomic E-state index is 11.9.